The van der Waals surface area contributed by atoms with E-state index in [1.165, 1.54) is 0 Å². The van der Waals surface area contributed by atoms with Crippen LogP contribution in [-0.4, -0.2) is 23.4 Å². The second-order valence-electron chi connectivity index (χ2n) is 5.03. The summed E-state index contributed by atoms with van der Waals surface area (Å²) in [5.41, 5.74) is 7.00. The van der Waals surface area contributed by atoms with Crippen LogP contribution in [0.1, 0.15) is 51.6 Å². The molecule has 2 unspecified atom stereocenters. The van der Waals surface area contributed by atoms with Crippen LogP contribution in [0.2, 0.25) is 0 Å². The molecule has 0 aliphatic carbocycles. The summed E-state index contributed by atoms with van der Waals surface area (Å²) < 4.78 is 0. The van der Waals surface area contributed by atoms with Crippen molar-refractivity contribution >= 4 is 5.91 Å². The average molecular weight is 262 g/mol. The lowest BCUT2D eigenvalue weighted by Gasteiger charge is -2.31. The highest BCUT2D eigenvalue weighted by atomic mass is 16.2. The molecule has 1 aromatic rings. The first-order valence-electron chi connectivity index (χ1n) is 7.22. The van der Waals surface area contributed by atoms with Crippen LogP contribution in [-0.2, 0) is 4.79 Å². The molecule has 0 aromatic heterocycles. The minimum atomic E-state index is -0.549. The number of unbranched alkanes of at least 4 members (excludes halogenated alkanes) is 1. The first-order valence-corrected chi connectivity index (χ1v) is 7.22. The molecular formula is C16H26N2O. The van der Waals surface area contributed by atoms with Gasteiger partial charge in [0.15, 0.2) is 0 Å². The van der Waals surface area contributed by atoms with E-state index < -0.39 is 6.04 Å². The molecule has 1 rings (SSSR count). The smallest absolute Gasteiger partial charge is 0.244 e. The Bertz CT molecular complexity index is 378. The highest BCUT2D eigenvalue weighted by molar-refractivity contribution is 5.83. The van der Waals surface area contributed by atoms with E-state index in [-0.39, 0.29) is 11.9 Å². The minimum Gasteiger partial charge on any atom is -0.338 e. The zero-order chi connectivity index (χ0) is 14.3. The summed E-state index contributed by atoms with van der Waals surface area (Å²) >= 11 is 0. The van der Waals surface area contributed by atoms with E-state index in [1.54, 1.807) is 0 Å². The highest BCUT2D eigenvalue weighted by Gasteiger charge is 2.24. The van der Waals surface area contributed by atoms with Crippen molar-refractivity contribution in [3.8, 4) is 0 Å². The molecule has 0 saturated heterocycles. The van der Waals surface area contributed by atoms with E-state index in [1.807, 2.05) is 35.2 Å². The number of rotatable bonds is 7. The van der Waals surface area contributed by atoms with Crippen LogP contribution >= 0.6 is 0 Å². The molecule has 0 aliphatic heterocycles. The van der Waals surface area contributed by atoms with Crippen LogP contribution in [0, 0.1) is 0 Å². The lowest BCUT2D eigenvalue weighted by molar-refractivity contribution is -0.135. The first kappa shape index (κ1) is 15.7. The van der Waals surface area contributed by atoms with Gasteiger partial charge in [-0.05, 0) is 25.3 Å². The summed E-state index contributed by atoms with van der Waals surface area (Å²) in [5.74, 6) is 0.0361. The Hall–Kier alpha value is -1.35. The predicted octanol–water partition coefficient (Wildman–Crippen LogP) is 3.11. The van der Waals surface area contributed by atoms with Crippen molar-refractivity contribution in [3.05, 3.63) is 35.9 Å². The number of carbonyl (C=O) groups is 1. The molecule has 106 valence electrons. The van der Waals surface area contributed by atoms with Crippen molar-refractivity contribution in [3.63, 3.8) is 0 Å². The SMILES string of the molecule is CCCCN(C(=O)C(N)c1ccccc1)C(C)CC. The van der Waals surface area contributed by atoms with Gasteiger partial charge < -0.3 is 10.6 Å². The van der Waals surface area contributed by atoms with E-state index in [0.29, 0.717) is 0 Å². The summed E-state index contributed by atoms with van der Waals surface area (Å²) in [6, 6.07) is 9.30. The van der Waals surface area contributed by atoms with Crippen molar-refractivity contribution in [1.82, 2.24) is 4.90 Å². The highest BCUT2D eigenvalue weighted by Crippen LogP contribution is 2.16. The summed E-state index contributed by atoms with van der Waals surface area (Å²) in [6.07, 6.45) is 3.06. The van der Waals surface area contributed by atoms with Crippen LogP contribution in [0.15, 0.2) is 30.3 Å². The van der Waals surface area contributed by atoms with Crippen LogP contribution in [0.4, 0.5) is 0 Å². The number of benzene rings is 1. The molecule has 0 spiro atoms. The quantitative estimate of drug-likeness (QED) is 0.820. The molecule has 1 aromatic carbocycles. The minimum absolute atomic E-state index is 0.0361. The van der Waals surface area contributed by atoms with E-state index in [0.717, 1.165) is 31.4 Å². The van der Waals surface area contributed by atoms with Crippen LogP contribution in [0.25, 0.3) is 0 Å². The average Bonchev–Trinajstić information content (AvgIpc) is 2.47. The maximum atomic E-state index is 12.6. The number of nitrogens with two attached hydrogens (primary N) is 1. The van der Waals surface area contributed by atoms with E-state index >= 15 is 0 Å². The van der Waals surface area contributed by atoms with Crippen molar-refractivity contribution in [2.75, 3.05) is 6.54 Å². The van der Waals surface area contributed by atoms with Crippen LogP contribution < -0.4 is 5.73 Å². The summed E-state index contributed by atoms with van der Waals surface area (Å²) in [5, 5.41) is 0. The topological polar surface area (TPSA) is 46.3 Å². The van der Waals surface area contributed by atoms with Gasteiger partial charge in [0.1, 0.15) is 6.04 Å². The second-order valence-corrected chi connectivity index (χ2v) is 5.03. The molecule has 1 amide bonds. The Balaban J connectivity index is 2.80. The first-order chi connectivity index (χ1) is 9.11. The molecule has 2 atom stereocenters. The van der Waals surface area contributed by atoms with Gasteiger partial charge in [-0.15, -0.1) is 0 Å². The lowest BCUT2D eigenvalue weighted by atomic mass is 10.0. The van der Waals surface area contributed by atoms with Gasteiger partial charge in [-0.1, -0.05) is 50.6 Å². The fourth-order valence-corrected chi connectivity index (χ4v) is 2.08. The number of carbonyl (C=O) groups excluding carboxylic acids is 1. The van der Waals surface area contributed by atoms with E-state index in [4.69, 9.17) is 5.73 Å². The molecule has 19 heavy (non-hydrogen) atoms. The molecule has 2 N–H and O–H groups in total. The van der Waals surface area contributed by atoms with Gasteiger partial charge in [0.25, 0.3) is 0 Å². The van der Waals surface area contributed by atoms with Gasteiger partial charge in [-0.2, -0.15) is 0 Å². The molecular weight excluding hydrogens is 236 g/mol. The Morgan fingerprint density at radius 3 is 2.42 bits per heavy atom. The largest absolute Gasteiger partial charge is 0.338 e. The van der Waals surface area contributed by atoms with Gasteiger partial charge in [-0.25, -0.2) is 0 Å². The maximum Gasteiger partial charge on any atom is 0.244 e. The normalized spacial score (nSPS) is 13.9. The number of amides is 1. The van der Waals surface area contributed by atoms with Gasteiger partial charge >= 0.3 is 0 Å². The maximum absolute atomic E-state index is 12.6. The predicted molar refractivity (Wildman–Crippen MR) is 79.7 cm³/mol. The fourth-order valence-electron chi connectivity index (χ4n) is 2.08. The zero-order valence-electron chi connectivity index (χ0n) is 12.3. The molecule has 0 radical (unpaired) electrons. The summed E-state index contributed by atoms with van der Waals surface area (Å²) in [7, 11) is 0. The molecule has 3 heteroatoms. The molecule has 0 aliphatic rings. The van der Waals surface area contributed by atoms with Crippen molar-refractivity contribution in [2.45, 2.75) is 52.1 Å². The third kappa shape index (κ3) is 4.35. The lowest BCUT2D eigenvalue weighted by Crippen LogP contribution is -2.44. The number of hydrogen-bond acceptors (Lipinski definition) is 2. The van der Waals surface area contributed by atoms with Gasteiger partial charge in [-0.3, -0.25) is 4.79 Å². The molecule has 0 heterocycles. The van der Waals surface area contributed by atoms with E-state index in [9.17, 15) is 4.79 Å². The number of nitrogens with zero attached hydrogens (tertiary/aromatic N) is 1. The second kappa shape index (κ2) is 7.95. The van der Waals surface area contributed by atoms with Crippen LogP contribution in [0.5, 0.6) is 0 Å². The van der Waals surface area contributed by atoms with Crippen molar-refractivity contribution in [1.29, 1.82) is 0 Å². The fraction of sp³-hybridized carbons (Fsp3) is 0.562. The molecule has 0 fully saturated rings. The zero-order valence-corrected chi connectivity index (χ0v) is 12.3. The van der Waals surface area contributed by atoms with Gasteiger partial charge in [0.05, 0.1) is 0 Å². The Morgan fingerprint density at radius 2 is 1.89 bits per heavy atom. The molecule has 0 saturated carbocycles. The van der Waals surface area contributed by atoms with Crippen LogP contribution in [0.3, 0.4) is 0 Å². The standard InChI is InChI=1S/C16H26N2O/c1-4-6-12-18(13(3)5-2)16(19)15(17)14-10-8-7-9-11-14/h7-11,13,15H,4-6,12,17H2,1-3H3. The molecule has 0 bridgehead atoms. The monoisotopic (exact) mass is 262 g/mol. The Labute approximate surface area is 116 Å². The summed E-state index contributed by atoms with van der Waals surface area (Å²) in [6.45, 7) is 7.12. The Morgan fingerprint density at radius 1 is 1.26 bits per heavy atom. The molecule has 3 nitrogen and oxygen atoms in total. The van der Waals surface area contributed by atoms with Crippen molar-refractivity contribution in [2.24, 2.45) is 5.73 Å². The third-order valence-corrected chi connectivity index (χ3v) is 3.58. The van der Waals surface area contributed by atoms with E-state index in [2.05, 4.69) is 20.8 Å². The number of hydrogen-bond donors (Lipinski definition) is 1. The van der Waals surface area contributed by atoms with Gasteiger partial charge in [0, 0.05) is 12.6 Å². The summed E-state index contributed by atoms with van der Waals surface area (Å²) in [4.78, 5) is 14.5. The van der Waals surface area contributed by atoms with Crippen molar-refractivity contribution < 1.29 is 4.79 Å². The Kier molecular flexibility index (Phi) is 6.57. The third-order valence-electron chi connectivity index (χ3n) is 3.58. The van der Waals surface area contributed by atoms with Gasteiger partial charge in [0.2, 0.25) is 5.91 Å².